The van der Waals surface area contributed by atoms with Gasteiger partial charge >= 0.3 is 0 Å². The Kier molecular flexibility index (Phi) is 4.48. The summed E-state index contributed by atoms with van der Waals surface area (Å²) in [6, 6.07) is 6.05. The van der Waals surface area contributed by atoms with E-state index in [9.17, 15) is 9.59 Å². The molecule has 130 valence electrons. The number of likely N-dealkylation sites (tertiary alicyclic amines) is 1. The number of aromatic nitrogens is 2. The highest BCUT2D eigenvalue weighted by molar-refractivity contribution is 7.13. The number of piperidine rings is 1. The average Bonchev–Trinajstić information content (AvgIpc) is 3.32. The molecule has 1 aromatic carbocycles. The molecule has 1 N–H and O–H groups in total. The Morgan fingerprint density at radius 1 is 1.20 bits per heavy atom. The molecule has 1 aromatic heterocycles. The summed E-state index contributed by atoms with van der Waals surface area (Å²) in [5.74, 6) is -0.248. The van der Waals surface area contributed by atoms with Gasteiger partial charge in [-0.2, -0.15) is 0 Å². The predicted octanol–water partition coefficient (Wildman–Crippen LogP) is 2.52. The van der Waals surface area contributed by atoms with E-state index in [0.717, 1.165) is 31.2 Å². The van der Waals surface area contributed by atoms with Crippen molar-refractivity contribution < 1.29 is 9.59 Å². The zero-order chi connectivity index (χ0) is 17.2. The number of nitrogens with zero attached hydrogens (tertiary/aromatic N) is 3. The summed E-state index contributed by atoms with van der Waals surface area (Å²) in [7, 11) is 0. The minimum atomic E-state index is -0.198. The molecular formula is C18H20N4O2S. The van der Waals surface area contributed by atoms with Crippen molar-refractivity contribution in [2.45, 2.75) is 32.1 Å². The average molecular weight is 356 g/mol. The van der Waals surface area contributed by atoms with E-state index < -0.39 is 0 Å². The highest BCUT2D eigenvalue weighted by Gasteiger charge is 2.29. The van der Waals surface area contributed by atoms with Crippen molar-refractivity contribution >= 4 is 28.3 Å². The number of hydrogen-bond donors (Lipinski definition) is 1. The second-order valence-corrected chi connectivity index (χ2v) is 7.49. The third-order valence-corrected chi connectivity index (χ3v) is 5.62. The van der Waals surface area contributed by atoms with Gasteiger partial charge in [-0.1, -0.05) is 17.4 Å². The van der Waals surface area contributed by atoms with Crippen LogP contribution in [0.3, 0.4) is 0 Å². The first kappa shape index (κ1) is 16.2. The van der Waals surface area contributed by atoms with Crippen LogP contribution < -0.4 is 5.32 Å². The van der Waals surface area contributed by atoms with Crippen molar-refractivity contribution in [3.8, 4) is 0 Å². The van der Waals surface area contributed by atoms with Crippen LogP contribution in [0.15, 0.2) is 23.7 Å². The van der Waals surface area contributed by atoms with E-state index in [0.29, 0.717) is 18.2 Å². The summed E-state index contributed by atoms with van der Waals surface area (Å²) in [5.41, 5.74) is 4.99. The molecule has 2 aromatic rings. The van der Waals surface area contributed by atoms with E-state index >= 15 is 0 Å². The van der Waals surface area contributed by atoms with Crippen LogP contribution in [0, 0.1) is 5.92 Å². The first-order valence-electron chi connectivity index (χ1n) is 8.69. The minimum Gasteiger partial charge on any atom is -0.338 e. The summed E-state index contributed by atoms with van der Waals surface area (Å²) < 4.78 is 0. The van der Waals surface area contributed by atoms with Gasteiger partial charge in [-0.05, 0) is 55.4 Å². The van der Waals surface area contributed by atoms with Crippen LogP contribution in [0.25, 0.3) is 0 Å². The zero-order valence-corrected chi connectivity index (χ0v) is 14.7. The second-order valence-electron chi connectivity index (χ2n) is 6.66. The number of carbonyl (C=O) groups excluding carboxylic acids is 2. The number of carbonyl (C=O) groups is 2. The molecule has 0 unspecified atom stereocenters. The molecule has 1 atom stereocenters. The van der Waals surface area contributed by atoms with Gasteiger partial charge in [-0.25, -0.2) is 0 Å². The van der Waals surface area contributed by atoms with Crippen LogP contribution in [0.4, 0.5) is 5.13 Å². The molecule has 0 spiro atoms. The summed E-state index contributed by atoms with van der Waals surface area (Å²) in [6.07, 6.45) is 4.97. The smallest absolute Gasteiger partial charge is 0.253 e. The summed E-state index contributed by atoms with van der Waals surface area (Å²) in [4.78, 5) is 27.1. The molecule has 1 aliphatic carbocycles. The number of benzene rings is 1. The molecule has 7 heteroatoms. The van der Waals surface area contributed by atoms with Gasteiger partial charge in [0, 0.05) is 18.7 Å². The van der Waals surface area contributed by atoms with Crippen molar-refractivity contribution in [1.29, 1.82) is 0 Å². The van der Waals surface area contributed by atoms with Gasteiger partial charge in [0.1, 0.15) is 5.51 Å². The largest absolute Gasteiger partial charge is 0.338 e. The van der Waals surface area contributed by atoms with E-state index in [2.05, 4.69) is 21.6 Å². The molecule has 6 nitrogen and oxygen atoms in total. The Bertz CT molecular complexity index is 790. The Morgan fingerprint density at radius 3 is 2.92 bits per heavy atom. The Balaban J connectivity index is 1.43. The molecule has 2 amide bonds. The van der Waals surface area contributed by atoms with Crippen LogP contribution in [0.2, 0.25) is 0 Å². The highest BCUT2D eigenvalue weighted by Crippen LogP contribution is 2.25. The maximum absolute atomic E-state index is 12.9. The van der Waals surface area contributed by atoms with Crippen LogP contribution in [-0.4, -0.2) is 40.0 Å². The number of amides is 2. The maximum atomic E-state index is 12.9. The van der Waals surface area contributed by atoms with Crippen molar-refractivity contribution in [2.75, 3.05) is 18.4 Å². The third-order valence-electron chi connectivity index (χ3n) is 5.02. The van der Waals surface area contributed by atoms with E-state index in [1.807, 2.05) is 17.0 Å². The van der Waals surface area contributed by atoms with E-state index in [-0.39, 0.29) is 17.7 Å². The number of hydrogen-bond acceptors (Lipinski definition) is 5. The molecule has 1 saturated heterocycles. The molecule has 2 aliphatic rings. The lowest BCUT2D eigenvalue weighted by molar-refractivity contribution is -0.121. The minimum absolute atomic E-state index is 0.0307. The molecule has 1 fully saturated rings. The van der Waals surface area contributed by atoms with Gasteiger partial charge in [0.2, 0.25) is 11.0 Å². The molecule has 4 rings (SSSR count). The predicted molar refractivity (Wildman–Crippen MR) is 95.6 cm³/mol. The number of rotatable bonds is 3. The fourth-order valence-electron chi connectivity index (χ4n) is 3.70. The van der Waals surface area contributed by atoms with Gasteiger partial charge in [0.25, 0.3) is 5.91 Å². The lowest BCUT2D eigenvalue weighted by Gasteiger charge is -2.32. The first-order valence-corrected chi connectivity index (χ1v) is 9.57. The van der Waals surface area contributed by atoms with Gasteiger partial charge < -0.3 is 10.2 Å². The lowest BCUT2D eigenvalue weighted by Crippen LogP contribution is -2.43. The number of fused-ring (bicyclic) bond motifs is 1. The van der Waals surface area contributed by atoms with E-state index in [1.165, 1.54) is 28.9 Å². The molecule has 1 aliphatic heterocycles. The van der Waals surface area contributed by atoms with Gasteiger partial charge in [-0.15, -0.1) is 10.2 Å². The summed E-state index contributed by atoms with van der Waals surface area (Å²) >= 11 is 1.30. The Morgan fingerprint density at radius 2 is 2.08 bits per heavy atom. The van der Waals surface area contributed by atoms with Crippen LogP contribution in [0.5, 0.6) is 0 Å². The first-order chi connectivity index (χ1) is 12.2. The van der Waals surface area contributed by atoms with Crippen LogP contribution in [-0.2, 0) is 17.6 Å². The molecule has 25 heavy (non-hydrogen) atoms. The molecule has 0 radical (unpaired) electrons. The molecule has 2 heterocycles. The fraction of sp³-hybridized carbons (Fsp3) is 0.444. The Labute approximate surface area is 150 Å². The van der Waals surface area contributed by atoms with Crippen molar-refractivity contribution in [3.63, 3.8) is 0 Å². The fourth-order valence-corrected chi connectivity index (χ4v) is 4.15. The molecule has 0 bridgehead atoms. The van der Waals surface area contributed by atoms with Gasteiger partial charge in [-0.3, -0.25) is 9.59 Å². The quantitative estimate of drug-likeness (QED) is 0.917. The lowest BCUT2D eigenvalue weighted by atomic mass is 9.96. The van der Waals surface area contributed by atoms with Gasteiger partial charge in [0.05, 0.1) is 5.92 Å². The topological polar surface area (TPSA) is 75.2 Å². The van der Waals surface area contributed by atoms with Crippen molar-refractivity contribution in [1.82, 2.24) is 15.1 Å². The highest BCUT2D eigenvalue weighted by atomic mass is 32.1. The monoisotopic (exact) mass is 356 g/mol. The number of anilines is 1. The van der Waals surface area contributed by atoms with Gasteiger partial charge in [0.15, 0.2) is 0 Å². The normalized spacial score (nSPS) is 19.5. The van der Waals surface area contributed by atoms with E-state index in [4.69, 9.17) is 0 Å². The molecular weight excluding hydrogens is 336 g/mol. The SMILES string of the molecule is O=C(Nc1nncs1)[C@H]1CCCN(C(=O)c2ccc3c(c2)CCC3)C1. The number of nitrogens with one attached hydrogen (secondary N) is 1. The zero-order valence-electron chi connectivity index (χ0n) is 13.9. The van der Waals surface area contributed by atoms with Crippen LogP contribution in [0.1, 0.15) is 40.7 Å². The number of aryl methyl sites for hydroxylation is 2. The third kappa shape index (κ3) is 3.42. The Hall–Kier alpha value is -2.28. The maximum Gasteiger partial charge on any atom is 0.253 e. The second kappa shape index (κ2) is 6.92. The van der Waals surface area contributed by atoms with Crippen molar-refractivity contribution in [3.05, 3.63) is 40.4 Å². The summed E-state index contributed by atoms with van der Waals surface area (Å²) in [6.45, 7) is 1.17. The van der Waals surface area contributed by atoms with E-state index in [1.54, 1.807) is 5.51 Å². The standard InChI is InChI=1S/C18H20N4O2S/c23-16(20-18-21-19-11-25-18)15-5-2-8-22(10-15)17(24)14-7-6-12-3-1-4-13(12)9-14/h6-7,9,11,15H,1-5,8,10H2,(H,20,21,23)/t15-/m0/s1. The summed E-state index contributed by atoms with van der Waals surface area (Å²) in [5, 5.41) is 10.9. The molecule has 0 saturated carbocycles. The van der Waals surface area contributed by atoms with Crippen LogP contribution >= 0.6 is 11.3 Å². The van der Waals surface area contributed by atoms with Crippen molar-refractivity contribution in [2.24, 2.45) is 5.92 Å².